The minimum atomic E-state index is -0.382. The molecule has 0 unspecified atom stereocenters. The minimum absolute atomic E-state index is 0.159. The van der Waals surface area contributed by atoms with E-state index in [4.69, 9.17) is 14.9 Å². The zero-order valence-electron chi connectivity index (χ0n) is 19.5. The highest BCUT2D eigenvalue weighted by Crippen LogP contribution is 2.42. The average molecular weight is 459 g/mol. The number of ether oxygens (including phenoxy) is 1. The smallest absolute Gasteiger partial charge is 0.277 e. The summed E-state index contributed by atoms with van der Waals surface area (Å²) in [5.41, 5.74) is 9.64. The number of rotatable bonds is 5. The van der Waals surface area contributed by atoms with Crippen molar-refractivity contribution in [1.29, 1.82) is 0 Å². The second-order valence-electron chi connectivity index (χ2n) is 9.31. The molecule has 0 saturated carbocycles. The fraction of sp³-hybridized carbons (Fsp3) is 0.280. The van der Waals surface area contributed by atoms with Crippen molar-refractivity contribution in [3.8, 4) is 28.3 Å². The Morgan fingerprint density at radius 3 is 2.79 bits per heavy atom. The third kappa shape index (κ3) is 4.12. The monoisotopic (exact) mass is 458 g/mol. The number of anilines is 2. The number of nitrogen functional groups attached to an aromatic ring is 1. The number of hydrogen-bond acceptors (Lipinski definition) is 7. The lowest BCUT2D eigenvalue weighted by atomic mass is 9.98. The van der Waals surface area contributed by atoms with Crippen molar-refractivity contribution in [2.45, 2.75) is 45.8 Å². The van der Waals surface area contributed by atoms with E-state index in [1.54, 1.807) is 24.5 Å². The molecule has 1 aliphatic heterocycles. The zero-order valence-corrected chi connectivity index (χ0v) is 19.5. The van der Waals surface area contributed by atoms with Gasteiger partial charge < -0.3 is 20.2 Å². The number of hydrogen-bond donors (Lipinski definition) is 2. The lowest BCUT2D eigenvalue weighted by molar-refractivity contribution is 0.102. The maximum absolute atomic E-state index is 13.1. The van der Waals surface area contributed by atoms with Crippen LogP contribution in [0.2, 0.25) is 0 Å². The van der Waals surface area contributed by atoms with Gasteiger partial charge in [-0.2, -0.15) is 5.10 Å². The Labute approximate surface area is 197 Å². The second kappa shape index (κ2) is 8.02. The fourth-order valence-electron chi connectivity index (χ4n) is 4.03. The van der Waals surface area contributed by atoms with E-state index in [2.05, 4.69) is 34.2 Å². The van der Waals surface area contributed by atoms with E-state index in [1.807, 2.05) is 36.9 Å². The molecule has 0 aliphatic carbocycles. The summed E-state index contributed by atoms with van der Waals surface area (Å²) in [5.74, 6) is 1.07. The predicted molar refractivity (Wildman–Crippen MR) is 129 cm³/mol. The number of nitrogens with two attached hydrogens (primary N) is 1. The molecule has 4 heterocycles. The topological polar surface area (TPSA) is 121 Å². The van der Waals surface area contributed by atoms with E-state index >= 15 is 0 Å². The highest BCUT2D eigenvalue weighted by Gasteiger charge is 2.31. The largest absolute Gasteiger partial charge is 0.487 e. The van der Waals surface area contributed by atoms with Gasteiger partial charge in [0.25, 0.3) is 5.91 Å². The van der Waals surface area contributed by atoms with Gasteiger partial charge in [-0.05, 0) is 52.0 Å². The first-order chi connectivity index (χ1) is 16.2. The SMILES string of the molecule is CC(C)n1cc(-c2cc3c(cc2NC(=O)c2coc(-c4ccnc(N)c4)n2)CC(C)(C)O3)cn1. The first kappa shape index (κ1) is 21.7. The lowest BCUT2D eigenvalue weighted by Crippen LogP contribution is -2.24. The highest BCUT2D eigenvalue weighted by molar-refractivity contribution is 6.05. The van der Waals surface area contributed by atoms with Gasteiger partial charge in [0.2, 0.25) is 5.89 Å². The van der Waals surface area contributed by atoms with Crippen molar-refractivity contribution < 1.29 is 13.9 Å². The molecule has 0 radical (unpaired) electrons. The fourth-order valence-corrected chi connectivity index (χ4v) is 4.03. The van der Waals surface area contributed by atoms with Crippen LogP contribution in [0.4, 0.5) is 11.5 Å². The molecule has 1 amide bonds. The van der Waals surface area contributed by atoms with E-state index < -0.39 is 0 Å². The summed E-state index contributed by atoms with van der Waals surface area (Å²) in [7, 11) is 0. The summed E-state index contributed by atoms with van der Waals surface area (Å²) < 4.78 is 13.5. The standard InChI is InChI=1S/C25H26N6O3/c1-14(2)31-12-17(11-28-31)18-9-21-16(10-25(3,4)34-21)7-19(18)29-23(32)20-13-33-24(30-20)15-5-6-27-22(26)8-15/h5-9,11-14H,10H2,1-4H3,(H2,26,27)(H,29,32). The number of oxazole rings is 1. The van der Waals surface area contributed by atoms with Crippen LogP contribution in [0.5, 0.6) is 5.75 Å². The van der Waals surface area contributed by atoms with E-state index in [-0.39, 0.29) is 23.2 Å². The Kier molecular flexibility index (Phi) is 5.11. The number of nitrogens with one attached hydrogen (secondary N) is 1. The van der Waals surface area contributed by atoms with Gasteiger partial charge in [0, 0.05) is 52.8 Å². The van der Waals surface area contributed by atoms with Crippen molar-refractivity contribution in [1.82, 2.24) is 19.7 Å². The van der Waals surface area contributed by atoms with Gasteiger partial charge in [0.1, 0.15) is 23.4 Å². The van der Waals surface area contributed by atoms with Gasteiger partial charge in [-0.1, -0.05) is 0 Å². The Bertz CT molecular complexity index is 1390. The van der Waals surface area contributed by atoms with Crippen LogP contribution < -0.4 is 15.8 Å². The normalized spacial score (nSPS) is 14.1. The highest BCUT2D eigenvalue weighted by atomic mass is 16.5. The van der Waals surface area contributed by atoms with Crippen LogP contribution in [0.1, 0.15) is 49.8 Å². The molecule has 0 atom stereocenters. The maximum atomic E-state index is 13.1. The molecule has 5 rings (SSSR count). The van der Waals surface area contributed by atoms with Gasteiger partial charge in [-0.3, -0.25) is 9.48 Å². The molecule has 3 N–H and O–H groups in total. The molecular weight excluding hydrogens is 432 g/mol. The molecule has 0 fully saturated rings. The molecule has 0 bridgehead atoms. The van der Waals surface area contributed by atoms with Crippen molar-refractivity contribution >= 4 is 17.4 Å². The summed E-state index contributed by atoms with van der Waals surface area (Å²) in [6.45, 7) is 8.22. The molecule has 9 nitrogen and oxygen atoms in total. The molecule has 3 aromatic heterocycles. The Hall–Kier alpha value is -4.14. The molecule has 1 aliphatic rings. The van der Waals surface area contributed by atoms with Crippen LogP contribution in [0.3, 0.4) is 0 Å². The first-order valence-electron chi connectivity index (χ1n) is 11.1. The number of fused-ring (bicyclic) bond motifs is 1. The van der Waals surface area contributed by atoms with Gasteiger partial charge in [-0.15, -0.1) is 0 Å². The van der Waals surface area contributed by atoms with E-state index in [0.29, 0.717) is 23.0 Å². The predicted octanol–water partition coefficient (Wildman–Crippen LogP) is 4.73. The maximum Gasteiger partial charge on any atom is 0.277 e. The number of amides is 1. The molecule has 34 heavy (non-hydrogen) atoms. The van der Waals surface area contributed by atoms with Crippen molar-refractivity contribution in [3.63, 3.8) is 0 Å². The van der Waals surface area contributed by atoms with Gasteiger partial charge in [0.05, 0.1) is 6.20 Å². The summed E-state index contributed by atoms with van der Waals surface area (Å²) in [6, 6.07) is 7.51. The van der Waals surface area contributed by atoms with E-state index in [9.17, 15) is 4.79 Å². The molecule has 0 spiro atoms. The summed E-state index contributed by atoms with van der Waals surface area (Å²) in [6.07, 6.45) is 7.39. The van der Waals surface area contributed by atoms with Gasteiger partial charge in [-0.25, -0.2) is 9.97 Å². The van der Waals surface area contributed by atoms with Crippen molar-refractivity contribution in [3.05, 3.63) is 60.4 Å². The van der Waals surface area contributed by atoms with E-state index in [1.165, 1.54) is 6.26 Å². The molecule has 4 aromatic rings. The van der Waals surface area contributed by atoms with Gasteiger partial charge >= 0.3 is 0 Å². The average Bonchev–Trinajstić information content (AvgIpc) is 3.50. The van der Waals surface area contributed by atoms with Crippen LogP contribution >= 0.6 is 0 Å². The number of carbonyl (C=O) groups excluding carboxylic acids is 1. The number of pyridine rings is 1. The number of carbonyl (C=O) groups is 1. The molecule has 1 aromatic carbocycles. The Morgan fingerprint density at radius 1 is 1.24 bits per heavy atom. The summed E-state index contributed by atoms with van der Waals surface area (Å²) in [4.78, 5) is 21.4. The third-order valence-corrected chi connectivity index (χ3v) is 5.66. The van der Waals surface area contributed by atoms with Crippen LogP contribution in [0.25, 0.3) is 22.6 Å². The summed E-state index contributed by atoms with van der Waals surface area (Å²) >= 11 is 0. The number of nitrogens with zero attached hydrogens (tertiary/aromatic N) is 4. The minimum Gasteiger partial charge on any atom is -0.487 e. The van der Waals surface area contributed by atoms with Crippen molar-refractivity contribution in [2.24, 2.45) is 0 Å². The number of aromatic nitrogens is 4. The van der Waals surface area contributed by atoms with Gasteiger partial charge in [0.15, 0.2) is 5.69 Å². The van der Waals surface area contributed by atoms with Crippen LogP contribution in [0, 0.1) is 0 Å². The molecule has 0 saturated heterocycles. The Morgan fingerprint density at radius 2 is 2.06 bits per heavy atom. The first-order valence-corrected chi connectivity index (χ1v) is 11.1. The third-order valence-electron chi connectivity index (χ3n) is 5.66. The lowest BCUT2D eigenvalue weighted by Gasteiger charge is -2.17. The summed E-state index contributed by atoms with van der Waals surface area (Å²) in [5, 5.41) is 7.46. The zero-order chi connectivity index (χ0) is 24.0. The number of benzene rings is 1. The Balaban J connectivity index is 1.49. The van der Waals surface area contributed by atoms with Crippen LogP contribution in [-0.4, -0.2) is 31.3 Å². The van der Waals surface area contributed by atoms with E-state index in [0.717, 1.165) is 28.9 Å². The molecule has 174 valence electrons. The van der Waals surface area contributed by atoms with Crippen LogP contribution in [-0.2, 0) is 6.42 Å². The van der Waals surface area contributed by atoms with Crippen LogP contribution in [0.15, 0.2) is 53.5 Å². The second-order valence-corrected chi connectivity index (χ2v) is 9.31. The quantitative estimate of drug-likeness (QED) is 0.443. The molecule has 9 heteroatoms. The molecular formula is C25H26N6O3. The van der Waals surface area contributed by atoms with Crippen molar-refractivity contribution in [2.75, 3.05) is 11.1 Å².